The number of pyridine rings is 1. The molecule has 0 saturated heterocycles. The summed E-state index contributed by atoms with van der Waals surface area (Å²) in [6, 6.07) is 11.7. The molecule has 0 aliphatic carbocycles. The van der Waals surface area contributed by atoms with Crippen LogP contribution >= 0.6 is 0 Å². The van der Waals surface area contributed by atoms with Crippen LogP contribution in [0.5, 0.6) is 11.6 Å². The molecule has 0 radical (unpaired) electrons. The first kappa shape index (κ1) is 21.2. The number of azo groups is 1. The highest BCUT2D eigenvalue weighted by Crippen LogP contribution is 2.36. The van der Waals surface area contributed by atoms with Crippen LogP contribution in [0.25, 0.3) is 5.69 Å². The topological polar surface area (TPSA) is 157 Å². The fourth-order valence-electron chi connectivity index (χ4n) is 2.76. The number of hydrogen-bond donors (Lipinski definition) is 2. The SMILES string of the molecule is COC(=O)c1c(O)c(N=Nc2cc([N+](=O)[O-])ccc2C)c(=O)n(-c2ccccc2)c1O. The van der Waals surface area contributed by atoms with Crippen LogP contribution in [0.2, 0.25) is 0 Å². The molecule has 0 spiro atoms. The zero-order chi connectivity index (χ0) is 22.7. The van der Waals surface area contributed by atoms with Crippen LogP contribution in [0, 0.1) is 17.0 Å². The molecule has 0 fully saturated rings. The number of non-ortho nitro benzene ring substituents is 1. The van der Waals surface area contributed by atoms with Crippen LogP contribution in [-0.4, -0.2) is 32.8 Å². The van der Waals surface area contributed by atoms with Gasteiger partial charge in [-0.05, 0) is 24.6 Å². The van der Waals surface area contributed by atoms with E-state index in [2.05, 4.69) is 15.0 Å². The van der Waals surface area contributed by atoms with Gasteiger partial charge in [0.25, 0.3) is 11.2 Å². The van der Waals surface area contributed by atoms with E-state index in [4.69, 9.17) is 0 Å². The lowest BCUT2D eigenvalue weighted by molar-refractivity contribution is -0.384. The Labute approximate surface area is 174 Å². The second-order valence-corrected chi connectivity index (χ2v) is 6.29. The molecule has 1 heterocycles. The van der Waals surface area contributed by atoms with Crippen LogP contribution in [0.3, 0.4) is 0 Å². The third kappa shape index (κ3) is 3.96. The van der Waals surface area contributed by atoms with Crippen molar-refractivity contribution in [1.82, 2.24) is 4.57 Å². The number of esters is 1. The number of nitro benzene ring substituents is 1. The monoisotopic (exact) mass is 424 g/mol. The number of carbonyl (C=O) groups is 1. The molecular formula is C20H16N4O7. The Balaban J connectivity index is 2.27. The second kappa shape index (κ2) is 8.45. The summed E-state index contributed by atoms with van der Waals surface area (Å²) in [4.78, 5) is 35.5. The van der Waals surface area contributed by atoms with Crippen molar-refractivity contribution in [2.75, 3.05) is 7.11 Å². The molecule has 0 atom stereocenters. The molecule has 0 aliphatic heterocycles. The van der Waals surface area contributed by atoms with Crippen molar-refractivity contribution in [2.24, 2.45) is 10.2 Å². The van der Waals surface area contributed by atoms with Gasteiger partial charge in [-0.15, -0.1) is 10.2 Å². The average molecular weight is 424 g/mol. The molecule has 0 unspecified atom stereocenters. The van der Waals surface area contributed by atoms with Gasteiger partial charge >= 0.3 is 5.97 Å². The molecule has 0 saturated carbocycles. The number of methoxy groups -OCH3 is 1. The Kier molecular flexibility index (Phi) is 5.77. The fourth-order valence-corrected chi connectivity index (χ4v) is 2.76. The van der Waals surface area contributed by atoms with Gasteiger partial charge in [-0.25, -0.2) is 9.36 Å². The molecule has 11 heteroatoms. The van der Waals surface area contributed by atoms with E-state index < -0.39 is 39.3 Å². The van der Waals surface area contributed by atoms with Gasteiger partial charge in [0.05, 0.1) is 23.4 Å². The summed E-state index contributed by atoms with van der Waals surface area (Å²) >= 11 is 0. The van der Waals surface area contributed by atoms with Crippen molar-refractivity contribution in [3.8, 4) is 17.3 Å². The van der Waals surface area contributed by atoms with Gasteiger partial charge in [0.15, 0.2) is 17.0 Å². The van der Waals surface area contributed by atoms with Gasteiger partial charge < -0.3 is 14.9 Å². The minimum Gasteiger partial charge on any atom is -0.504 e. The highest BCUT2D eigenvalue weighted by molar-refractivity contribution is 5.96. The normalized spacial score (nSPS) is 10.9. The van der Waals surface area contributed by atoms with E-state index in [1.807, 2.05) is 0 Å². The summed E-state index contributed by atoms with van der Waals surface area (Å²) in [6.45, 7) is 1.62. The number of benzene rings is 2. The van der Waals surface area contributed by atoms with Crippen LogP contribution in [0.4, 0.5) is 17.1 Å². The number of ether oxygens (including phenoxy) is 1. The molecule has 2 N–H and O–H groups in total. The molecule has 2 aromatic carbocycles. The molecule has 3 aromatic rings. The number of aromatic nitrogens is 1. The quantitative estimate of drug-likeness (QED) is 0.274. The molecule has 11 nitrogen and oxygen atoms in total. The zero-order valence-corrected chi connectivity index (χ0v) is 16.3. The molecule has 0 amide bonds. The van der Waals surface area contributed by atoms with Crippen LogP contribution in [0.15, 0.2) is 63.6 Å². The Bertz CT molecular complexity index is 1270. The highest BCUT2D eigenvalue weighted by Gasteiger charge is 2.28. The number of nitrogens with zero attached hydrogens (tertiary/aromatic N) is 4. The predicted molar refractivity (Wildman–Crippen MR) is 109 cm³/mol. The van der Waals surface area contributed by atoms with Gasteiger partial charge in [-0.3, -0.25) is 14.9 Å². The third-order valence-corrected chi connectivity index (χ3v) is 4.37. The van der Waals surface area contributed by atoms with Crippen molar-refractivity contribution in [2.45, 2.75) is 6.92 Å². The van der Waals surface area contributed by atoms with Gasteiger partial charge in [-0.1, -0.05) is 24.3 Å². The molecular weight excluding hydrogens is 408 g/mol. The standard InChI is InChI=1S/C20H16N4O7/c1-11-8-9-13(24(29)30)10-14(11)21-22-16-17(25)15(20(28)31-2)18(26)23(19(16)27)12-6-4-3-5-7-12/h3-10,25-26H,1-2H3. The maximum atomic E-state index is 13.0. The fraction of sp³-hybridized carbons (Fsp3) is 0.100. The summed E-state index contributed by atoms with van der Waals surface area (Å²) in [6.07, 6.45) is 0. The van der Waals surface area contributed by atoms with E-state index in [9.17, 15) is 29.9 Å². The lowest BCUT2D eigenvalue weighted by Gasteiger charge is -2.14. The Morgan fingerprint density at radius 1 is 1.13 bits per heavy atom. The Morgan fingerprint density at radius 3 is 2.42 bits per heavy atom. The molecule has 158 valence electrons. The maximum Gasteiger partial charge on any atom is 0.347 e. The number of carbonyl (C=O) groups excluding carboxylic acids is 1. The van der Waals surface area contributed by atoms with E-state index in [1.165, 1.54) is 24.3 Å². The van der Waals surface area contributed by atoms with Crippen molar-refractivity contribution in [3.05, 3.63) is 80.1 Å². The summed E-state index contributed by atoms with van der Waals surface area (Å²) in [5.41, 5.74) is -1.77. The largest absolute Gasteiger partial charge is 0.504 e. The van der Waals surface area contributed by atoms with E-state index in [0.717, 1.165) is 17.7 Å². The first-order valence-corrected chi connectivity index (χ1v) is 8.77. The zero-order valence-electron chi connectivity index (χ0n) is 16.3. The van der Waals surface area contributed by atoms with Gasteiger partial charge in [0.1, 0.15) is 0 Å². The predicted octanol–water partition coefficient (Wildman–Crippen LogP) is 3.67. The molecule has 0 aliphatic rings. The summed E-state index contributed by atoms with van der Waals surface area (Å²) < 4.78 is 5.35. The maximum absolute atomic E-state index is 13.0. The highest BCUT2D eigenvalue weighted by atomic mass is 16.6. The number of rotatable bonds is 5. The number of hydrogen-bond acceptors (Lipinski definition) is 9. The third-order valence-electron chi connectivity index (χ3n) is 4.37. The minimum absolute atomic E-state index is 0.0759. The molecule has 1 aromatic heterocycles. The minimum atomic E-state index is -1.11. The molecule has 31 heavy (non-hydrogen) atoms. The van der Waals surface area contributed by atoms with Crippen molar-refractivity contribution < 1.29 is 24.7 Å². The number of aryl methyl sites for hydroxylation is 1. The lowest BCUT2D eigenvalue weighted by Crippen LogP contribution is -2.21. The summed E-state index contributed by atoms with van der Waals surface area (Å²) in [5, 5.41) is 39.6. The average Bonchev–Trinajstić information content (AvgIpc) is 2.75. The van der Waals surface area contributed by atoms with Crippen LogP contribution < -0.4 is 5.56 Å². The van der Waals surface area contributed by atoms with E-state index in [0.29, 0.717) is 5.56 Å². The second-order valence-electron chi connectivity index (χ2n) is 6.29. The number of nitro groups is 1. The van der Waals surface area contributed by atoms with Crippen LogP contribution in [0.1, 0.15) is 15.9 Å². The number of para-hydroxylation sites is 1. The number of aromatic hydroxyl groups is 2. The van der Waals surface area contributed by atoms with Crippen LogP contribution in [-0.2, 0) is 4.74 Å². The van der Waals surface area contributed by atoms with E-state index in [1.54, 1.807) is 25.1 Å². The smallest absolute Gasteiger partial charge is 0.347 e. The first-order chi connectivity index (χ1) is 14.8. The van der Waals surface area contributed by atoms with E-state index in [-0.39, 0.29) is 17.1 Å². The van der Waals surface area contributed by atoms with Gasteiger partial charge in [-0.2, -0.15) is 0 Å². The summed E-state index contributed by atoms with van der Waals surface area (Å²) in [5.74, 6) is -2.89. The lowest BCUT2D eigenvalue weighted by atomic mass is 10.2. The Morgan fingerprint density at radius 2 is 1.81 bits per heavy atom. The first-order valence-electron chi connectivity index (χ1n) is 8.77. The van der Waals surface area contributed by atoms with Gasteiger partial charge in [0.2, 0.25) is 5.88 Å². The van der Waals surface area contributed by atoms with Crippen molar-refractivity contribution in [1.29, 1.82) is 0 Å². The van der Waals surface area contributed by atoms with Gasteiger partial charge in [0, 0.05) is 12.1 Å². The Hall–Kier alpha value is -4.54. The van der Waals surface area contributed by atoms with Crippen molar-refractivity contribution in [3.63, 3.8) is 0 Å². The summed E-state index contributed by atoms with van der Waals surface area (Å²) in [7, 11) is 1.03. The van der Waals surface area contributed by atoms with Crippen molar-refractivity contribution >= 4 is 23.0 Å². The molecule has 3 rings (SSSR count). The molecule has 0 bridgehead atoms. The van der Waals surface area contributed by atoms with E-state index >= 15 is 0 Å².